The first-order chi connectivity index (χ1) is 9.68. The van der Waals surface area contributed by atoms with E-state index in [9.17, 15) is 5.11 Å². The van der Waals surface area contributed by atoms with Crippen LogP contribution in [0.25, 0.3) is 0 Å². The molecule has 0 amide bonds. The van der Waals surface area contributed by atoms with Crippen LogP contribution in [0.15, 0.2) is 4.52 Å². The zero-order valence-electron chi connectivity index (χ0n) is 12.3. The average molecular weight is 279 g/mol. The molecule has 1 unspecified atom stereocenters. The van der Waals surface area contributed by atoms with E-state index in [1.807, 2.05) is 0 Å². The molecule has 3 rings (SSSR count). The van der Waals surface area contributed by atoms with Gasteiger partial charge in [-0.2, -0.15) is 4.98 Å². The van der Waals surface area contributed by atoms with Crippen LogP contribution < -0.4 is 0 Å². The van der Waals surface area contributed by atoms with Crippen molar-refractivity contribution in [3.05, 3.63) is 11.7 Å². The van der Waals surface area contributed by atoms with E-state index in [0.717, 1.165) is 44.2 Å². The summed E-state index contributed by atoms with van der Waals surface area (Å²) in [5.74, 6) is 2.14. The molecule has 1 N–H and O–H groups in total. The molecular formula is C15H25N3O2. The lowest BCUT2D eigenvalue weighted by Crippen LogP contribution is -2.43. The molecule has 1 aromatic heterocycles. The summed E-state index contributed by atoms with van der Waals surface area (Å²) in [6.45, 7) is 5.08. The van der Waals surface area contributed by atoms with Crippen LogP contribution in [-0.4, -0.2) is 39.8 Å². The molecule has 1 saturated carbocycles. The summed E-state index contributed by atoms with van der Waals surface area (Å²) in [6.07, 6.45) is 7.19. The summed E-state index contributed by atoms with van der Waals surface area (Å²) in [7, 11) is 0. The highest BCUT2D eigenvalue weighted by atomic mass is 16.5. The van der Waals surface area contributed by atoms with E-state index in [1.54, 1.807) is 0 Å². The molecule has 0 aromatic carbocycles. The number of nitrogens with zero attached hydrogens (tertiary/aromatic N) is 3. The molecule has 20 heavy (non-hydrogen) atoms. The van der Waals surface area contributed by atoms with Gasteiger partial charge in [0.25, 0.3) is 0 Å². The smallest absolute Gasteiger partial charge is 0.240 e. The third kappa shape index (κ3) is 3.04. The van der Waals surface area contributed by atoms with Crippen molar-refractivity contribution in [1.29, 1.82) is 0 Å². The SMILES string of the molecule is CC1(CO)CCCN(Cc2nc(C3CCCC3)no2)C1. The quantitative estimate of drug-likeness (QED) is 0.916. The lowest BCUT2D eigenvalue weighted by atomic mass is 9.83. The van der Waals surface area contributed by atoms with Gasteiger partial charge in [0.1, 0.15) is 0 Å². The zero-order valence-corrected chi connectivity index (χ0v) is 12.3. The number of piperidine rings is 1. The van der Waals surface area contributed by atoms with Gasteiger partial charge in [0, 0.05) is 24.5 Å². The van der Waals surface area contributed by atoms with Crippen molar-refractivity contribution >= 4 is 0 Å². The Bertz CT molecular complexity index is 442. The van der Waals surface area contributed by atoms with Crippen molar-refractivity contribution < 1.29 is 9.63 Å². The summed E-state index contributed by atoms with van der Waals surface area (Å²) >= 11 is 0. The topological polar surface area (TPSA) is 62.4 Å². The van der Waals surface area contributed by atoms with Gasteiger partial charge in [0.2, 0.25) is 5.89 Å². The molecule has 5 nitrogen and oxygen atoms in total. The minimum absolute atomic E-state index is 0.0204. The van der Waals surface area contributed by atoms with Crippen LogP contribution in [0.1, 0.15) is 63.1 Å². The van der Waals surface area contributed by atoms with Crippen molar-refractivity contribution in [3.8, 4) is 0 Å². The van der Waals surface area contributed by atoms with Gasteiger partial charge in [0.15, 0.2) is 5.82 Å². The number of rotatable bonds is 4. The number of aliphatic hydroxyl groups is 1. The minimum atomic E-state index is 0.0204. The molecule has 1 aliphatic heterocycles. The summed E-state index contributed by atoms with van der Waals surface area (Å²) in [5, 5.41) is 13.7. The highest BCUT2D eigenvalue weighted by Gasteiger charge is 2.31. The second-order valence-electron chi connectivity index (χ2n) is 6.81. The Labute approximate surface area is 120 Å². The Morgan fingerprint density at radius 3 is 2.90 bits per heavy atom. The first kappa shape index (κ1) is 14.0. The maximum Gasteiger partial charge on any atom is 0.240 e. The molecule has 2 aliphatic rings. The fourth-order valence-corrected chi connectivity index (χ4v) is 3.56. The first-order valence-electron chi connectivity index (χ1n) is 7.84. The average Bonchev–Trinajstić information content (AvgIpc) is 3.09. The summed E-state index contributed by atoms with van der Waals surface area (Å²) in [5.41, 5.74) is 0.0204. The molecule has 0 spiro atoms. The van der Waals surface area contributed by atoms with E-state index in [2.05, 4.69) is 22.0 Å². The van der Waals surface area contributed by atoms with Gasteiger partial charge < -0.3 is 9.63 Å². The van der Waals surface area contributed by atoms with E-state index in [4.69, 9.17) is 4.52 Å². The molecule has 112 valence electrons. The normalized spacial score (nSPS) is 29.1. The fraction of sp³-hybridized carbons (Fsp3) is 0.867. The molecule has 0 bridgehead atoms. The molecule has 0 radical (unpaired) electrons. The Morgan fingerprint density at radius 2 is 2.15 bits per heavy atom. The Hall–Kier alpha value is -0.940. The zero-order chi connectivity index (χ0) is 14.0. The Morgan fingerprint density at radius 1 is 1.35 bits per heavy atom. The first-order valence-corrected chi connectivity index (χ1v) is 7.84. The highest BCUT2D eigenvalue weighted by molar-refractivity contribution is 4.98. The molecule has 1 aliphatic carbocycles. The number of hydrogen-bond acceptors (Lipinski definition) is 5. The number of hydrogen-bond donors (Lipinski definition) is 1. The number of aliphatic hydroxyl groups excluding tert-OH is 1. The van der Waals surface area contributed by atoms with Crippen molar-refractivity contribution in [1.82, 2.24) is 15.0 Å². The lowest BCUT2D eigenvalue weighted by molar-refractivity contribution is 0.0382. The van der Waals surface area contributed by atoms with E-state index >= 15 is 0 Å². The second kappa shape index (κ2) is 5.82. The van der Waals surface area contributed by atoms with Gasteiger partial charge in [-0.05, 0) is 32.2 Å². The molecule has 2 fully saturated rings. The molecule has 1 saturated heterocycles. The van der Waals surface area contributed by atoms with Gasteiger partial charge in [-0.1, -0.05) is 24.9 Å². The van der Waals surface area contributed by atoms with Crippen molar-refractivity contribution in [2.45, 2.75) is 57.9 Å². The van der Waals surface area contributed by atoms with Gasteiger partial charge in [-0.25, -0.2) is 0 Å². The lowest BCUT2D eigenvalue weighted by Gasteiger charge is -2.38. The Balaban J connectivity index is 1.60. The van der Waals surface area contributed by atoms with Crippen molar-refractivity contribution in [2.24, 2.45) is 5.41 Å². The predicted octanol–water partition coefficient (Wildman–Crippen LogP) is 2.32. The van der Waals surface area contributed by atoms with E-state index in [1.165, 1.54) is 25.7 Å². The molecular weight excluding hydrogens is 254 g/mol. The van der Waals surface area contributed by atoms with Gasteiger partial charge in [0.05, 0.1) is 6.54 Å². The number of likely N-dealkylation sites (tertiary alicyclic amines) is 1. The van der Waals surface area contributed by atoms with Gasteiger partial charge in [-0.3, -0.25) is 4.90 Å². The van der Waals surface area contributed by atoms with Crippen LogP contribution in [0.4, 0.5) is 0 Å². The molecule has 1 aromatic rings. The molecule has 5 heteroatoms. The van der Waals surface area contributed by atoms with Crippen LogP contribution in [0, 0.1) is 5.41 Å². The van der Waals surface area contributed by atoms with Gasteiger partial charge in [-0.15, -0.1) is 0 Å². The van der Waals surface area contributed by atoms with Gasteiger partial charge >= 0.3 is 0 Å². The minimum Gasteiger partial charge on any atom is -0.396 e. The predicted molar refractivity (Wildman–Crippen MR) is 75.2 cm³/mol. The fourth-order valence-electron chi connectivity index (χ4n) is 3.56. The highest BCUT2D eigenvalue weighted by Crippen LogP contribution is 2.33. The van der Waals surface area contributed by atoms with Crippen molar-refractivity contribution in [2.75, 3.05) is 19.7 Å². The maximum atomic E-state index is 9.50. The van der Waals surface area contributed by atoms with Crippen LogP contribution in [-0.2, 0) is 6.54 Å². The van der Waals surface area contributed by atoms with Crippen LogP contribution in [0.3, 0.4) is 0 Å². The maximum absolute atomic E-state index is 9.50. The van der Waals surface area contributed by atoms with E-state index < -0.39 is 0 Å². The third-order valence-corrected chi connectivity index (χ3v) is 4.80. The molecule has 2 heterocycles. The largest absolute Gasteiger partial charge is 0.396 e. The van der Waals surface area contributed by atoms with E-state index in [0.29, 0.717) is 5.92 Å². The second-order valence-corrected chi connectivity index (χ2v) is 6.81. The monoisotopic (exact) mass is 279 g/mol. The summed E-state index contributed by atoms with van der Waals surface area (Å²) < 4.78 is 5.42. The van der Waals surface area contributed by atoms with Crippen molar-refractivity contribution in [3.63, 3.8) is 0 Å². The van der Waals surface area contributed by atoms with Crippen LogP contribution in [0.2, 0.25) is 0 Å². The third-order valence-electron chi connectivity index (χ3n) is 4.80. The summed E-state index contributed by atoms with van der Waals surface area (Å²) in [4.78, 5) is 6.90. The summed E-state index contributed by atoms with van der Waals surface area (Å²) in [6, 6.07) is 0. The van der Waals surface area contributed by atoms with E-state index in [-0.39, 0.29) is 12.0 Å². The number of aromatic nitrogens is 2. The van der Waals surface area contributed by atoms with Crippen LogP contribution in [0.5, 0.6) is 0 Å². The standard InChI is InChI=1S/C15H25N3O2/c1-15(11-19)7-4-8-18(10-15)9-13-16-14(17-20-13)12-5-2-3-6-12/h12,19H,2-11H2,1H3. The Kier molecular flexibility index (Phi) is 4.08. The molecule has 1 atom stereocenters. The van der Waals surface area contributed by atoms with Crippen LogP contribution >= 0.6 is 0 Å².